The average Bonchev–Trinajstić information content (AvgIpc) is 2.71. The van der Waals surface area contributed by atoms with Crippen LogP contribution in [-0.4, -0.2) is 31.2 Å². The molecule has 1 N–H and O–H groups in total. The van der Waals surface area contributed by atoms with E-state index in [0.29, 0.717) is 5.41 Å². The van der Waals surface area contributed by atoms with E-state index in [9.17, 15) is 0 Å². The van der Waals surface area contributed by atoms with Gasteiger partial charge in [0.25, 0.3) is 0 Å². The number of nitrogens with one attached hydrogen (secondary N) is 1. The Morgan fingerprint density at radius 3 is 2.78 bits per heavy atom. The van der Waals surface area contributed by atoms with Crippen molar-refractivity contribution in [2.45, 2.75) is 39.5 Å². The third-order valence-electron chi connectivity index (χ3n) is 4.51. The fourth-order valence-electron chi connectivity index (χ4n) is 3.34. The van der Waals surface area contributed by atoms with Crippen molar-refractivity contribution in [1.29, 1.82) is 0 Å². The molecular weight excluding hydrogens is 242 g/mol. The van der Waals surface area contributed by atoms with Crippen molar-refractivity contribution < 1.29 is 0 Å². The van der Waals surface area contributed by atoms with Crippen molar-refractivity contribution in [2.24, 2.45) is 5.41 Å². The van der Waals surface area contributed by atoms with Crippen molar-refractivity contribution in [3.05, 3.63) is 10.6 Å². The molecule has 0 aromatic carbocycles. The fraction of sp³-hybridized carbons (Fsp3) is 0.786. The lowest BCUT2D eigenvalue weighted by molar-refractivity contribution is 0.173. The molecule has 3 rings (SSSR count). The van der Waals surface area contributed by atoms with Gasteiger partial charge in [-0.15, -0.1) is 11.3 Å². The van der Waals surface area contributed by atoms with Crippen molar-refractivity contribution in [3.63, 3.8) is 0 Å². The molecule has 1 aromatic rings. The molecule has 3 nitrogen and oxygen atoms in total. The van der Waals surface area contributed by atoms with Crippen LogP contribution in [0.3, 0.4) is 0 Å². The summed E-state index contributed by atoms with van der Waals surface area (Å²) in [6, 6.07) is 0. The number of piperidine rings is 2. The molecule has 3 heterocycles. The maximum absolute atomic E-state index is 4.74. The number of nitrogens with zero attached hydrogens (tertiary/aromatic N) is 2. The van der Waals surface area contributed by atoms with Gasteiger partial charge in [-0.1, -0.05) is 0 Å². The van der Waals surface area contributed by atoms with Crippen LogP contribution in [0.2, 0.25) is 0 Å². The van der Waals surface area contributed by atoms with E-state index < -0.39 is 0 Å². The first-order valence-electron chi connectivity index (χ1n) is 7.08. The van der Waals surface area contributed by atoms with Gasteiger partial charge < -0.3 is 10.2 Å². The van der Waals surface area contributed by atoms with Crippen LogP contribution in [0.15, 0.2) is 0 Å². The Morgan fingerprint density at radius 1 is 1.28 bits per heavy atom. The lowest BCUT2D eigenvalue weighted by atomic mass is 9.74. The zero-order valence-electron chi connectivity index (χ0n) is 11.5. The second-order valence-electron chi connectivity index (χ2n) is 5.94. The summed E-state index contributed by atoms with van der Waals surface area (Å²) in [6.07, 6.45) is 5.43. The topological polar surface area (TPSA) is 28.2 Å². The highest BCUT2D eigenvalue weighted by atomic mass is 32.1. The molecule has 2 aliphatic rings. The lowest BCUT2D eigenvalue weighted by Crippen LogP contribution is -2.51. The van der Waals surface area contributed by atoms with Gasteiger partial charge in [0.1, 0.15) is 0 Å². The van der Waals surface area contributed by atoms with Crippen LogP contribution in [0.25, 0.3) is 0 Å². The van der Waals surface area contributed by atoms with Crippen LogP contribution in [0.5, 0.6) is 0 Å². The molecule has 4 heteroatoms. The second kappa shape index (κ2) is 4.82. The minimum absolute atomic E-state index is 0.518. The summed E-state index contributed by atoms with van der Waals surface area (Å²) in [5.41, 5.74) is 1.72. The Hall–Kier alpha value is -0.610. The normalized spacial score (nSPS) is 28.9. The first kappa shape index (κ1) is 12.4. The van der Waals surface area contributed by atoms with E-state index in [1.54, 1.807) is 0 Å². The van der Waals surface area contributed by atoms with Crippen LogP contribution in [-0.2, 0) is 0 Å². The number of rotatable bonds is 1. The van der Waals surface area contributed by atoms with Crippen molar-refractivity contribution in [3.8, 4) is 0 Å². The number of thiazole rings is 1. The molecule has 0 amide bonds. The van der Waals surface area contributed by atoms with Crippen molar-refractivity contribution in [1.82, 2.24) is 10.3 Å². The van der Waals surface area contributed by atoms with E-state index in [-0.39, 0.29) is 0 Å². The third-order valence-corrected chi connectivity index (χ3v) is 5.64. The highest BCUT2D eigenvalue weighted by Gasteiger charge is 2.37. The summed E-state index contributed by atoms with van der Waals surface area (Å²) >= 11 is 1.86. The average molecular weight is 265 g/mol. The first-order valence-corrected chi connectivity index (χ1v) is 7.90. The molecular formula is C14H23N3S. The van der Waals surface area contributed by atoms with Gasteiger partial charge in [-0.3, -0.25) is 0 Å². The van der Waals surface area contributed by atoms with Crippen LogP contribution in [0.1, 0.15) is 36.3 Å². The molecule has 18 heavy (non-hydrogen) atoms. The molecule has 100 valence electrons. The number of aromatic nitrogens is 1. The molecule has 0 radical (unpaired) electrons. The lowest BCUT2D eigenvalue weighted by Gasteiger charge is -2.45. The molecule has 0 bridgehead atoms. The zero-order valence-corrected chi connectivity index (χ0v) is 12.3. The molecule has 2 aliphatic heterocycles. The van der Waals surface area contributed by atoms with E-state index in [1.807, 2.05) is 11.3 Å². The Balaban J connectivity index is 1.77. The van der Waals surface area contributed by atoms with Crippen LogP contribution < -0.4 is 10.2 Å². The Bertz CT molecular complexity index is 396. The second-order valence-corrected chi connectivity index (χ2v) is 7.13. The summed E-state index contributed by atoms with van der Waals surface area (Å²) in [5, 5.41) is 4.84. The quantitative estimate of drug-likeness (QED) is 0.846. The Morgan fingerprint density at radius 2 is 2.11 bits per heavy atom. The first-order chi connectivity index (χ1) is 8.69. The minimum Gasteiger partial charge on any atom is -0.347 e. The molecule has 1 atom stereocenters. The highest BCUT2D eigenvalue weighted by molar-refractivity contribution is 7.15. The van der Waals surface area contributed by atoms with Crippen LogP contribution in [0.4, 0.5) is 5.13 Å². The van der Waals surface area contributed by atoms with Gasteiger partial charge in [0.2, 0.25) is 0 Å². The monoisotopic (exact) mass is 265 g/mol. The van der Waals surface area contributed by atoms with E-state index in [1.165, 1.54) is 67.6 Å². The van der Waals surface area contributed by atoms with Gasteiger partial charge in [0, 0.05) is 29.9 Å². The van der Waals surface area contributed by atoms with Gasteiger partial charge in [-0.25, -0.2) is 4.98 Å². The van der Waals surface area contributed by atoms with E-state index in [2.05, 4.69) is 24.1 Å². The molecule has 1 unspecified atom stereocenters. The van der Waals surface area contributed by atoms with Crippen LogP contribution in [0, 0.1) is 19.3 Å². The third kappa shape index (κ3) is 2.28. The minimum atomic E-state index is 0.518. The number of anilines is 1. The molecule has 1 spiro atoms. The summed E-state index contributed by atoms with van der Waals surface area (Å²) in [4.78, 5) is 8.63. The zero-order chi connectivity index (χ0) is 12.6. The molecule has 2 saturated heterocycles. The highest BCUT2D eigenvalue weighted by Crippen LogP contribution is 2.38. The largest absolute Gasteiger partial charge is 0.347 e. The summed E-state index contributed by atoms with van der Waals surface area (Å²) in [7, 11) is 0. The van der Waals surface area contributed by atoms with Crippen LogP contribution >= 0.6 is 11.3 Å². The summed E-state index contributed by atoms with van der Waals surface area (Å²) in [6.45, 7) is 9.10. The molecule has 1 aromatic heterocycles. The molecule has 0 saturated carbocycles. The van der Waals surface area contributed by atoms with Crippen molar-refractivity contribution >= 4 is 16.5 Å². The van der Waals surface area contributed by atoms with Crippen molar-refractivity contribution in [2.75, 3.05) is 31.1 Å². The predicted molar refractivity (Wildman–Crippen MR) is 77.6 cm³/mol. The standard InChI is InChI=1S/C14H23N3S/c1-11-12(2)18-13(16-11)17-8-4-6-14(10-17)5-3-7-15-9-14/h15H,3-10H2,1-2H3. The van der Waals surface area contributed by atoms with Gasteiger partial charge in [0.15, 0.2) is 5.13 Å². The maximum Gasteiger partial charge on any atom is 0.185 e. The smallest absolute Gasteiger partial charge is 0.185 e. The maximum atomic E-state index is 4.74. The Labute approximate surface area is 114 Å². The summed E-state index contributed by atoms with van der Waals surface area (Å²) < 4.78 is 0. The number of aryl methyl sites for hydroxylation is 2. The Kier molecular flexibility index (Phi) is 3.32. The SMILES string of the molecule is Cc1nc(N2CCCC3(CCCNC3)C2)sc1C. The fourth-order valence-corrected chi connectivity index (χ4v) is 4.28. The van der Waals surface area contributed by atoms with Gasteiger partial charge in [0.05, 0.1) is 5.69 Å². The van der Waals surface area contributed by atoms with E-state index in [0.717, 1.165) is 0 Å². The van der Waals surface area contributed by atoms with Gasteiger partial charge >= 0.3 is 0 Å². The summed E-state index contributed by atoms with van der Waals surface area (Å²) in [5.74, 6) is 0. The predicted octanol–water partition coefficient (Wildman–Crippen LogP) is 2.73. The van der Waals surface area contributed by atoms with Gasteiger partial charge in [-0.2, -0.15) is 0 Å². The molecule has 2 fully saturated rings. The number of hydrogen-bond donors (Lipinski definition) is 1. The van der Waals surface area contributed by atoms with E-state index >= 15 is 0 Å². The molecule has 0 aliphatic carbocycles. The van der Waals surface area contributed by atoms with Gasteiger partial charge in [-0.05, 0) is 46.1 Å². The van der Waals surface area contributed by atoms with E-state index in [4.69, 9.17) is 4.98 Å². The number of hydrogen-bond acceptors (Lipinski definition) is 4.